The number of carbonyl (C=O) groups is 2. The van der Waals surface area contributed by atoms with Gasteiger partial charge in [0.2, 0.25) is 5.91 Å². The molecule has 1 aliphatic heterocycles. The molecule has 0 radical (unpaired) electrons. The van der Waals surface area contributed by atoms with E-state index in [1.54, 1.807) is 24.1 Å². The summed E-state index contributed by atoms with van der Waals surface area (Å²) in [5.41, 5.74) is 4.18. The fourth-order valence-electron chi connectivity index (χ4n) is 5.18. The first-order valence-electron chi connectivity index (χ1n) is 11.3. The van der Waals surface area contributed by atoms with Crippen LogP contribution >= 0.6 is 11.6 Å². The molecule has 0 bridgehead atoms. The van der Waals surface area contributed by atoms with E-state index in [4.69, 9.17) is 21.3 Å². The third kappa shape index (κ3) is 4.01. The molecule has 5 rings (SSSR count). The lowest BCUT2D eigenvalue weighted by Crippen LogP contribution is -2.45. The average molecular weight is 473 g/mol. The van der Waals surface area contributed by atoms with Crippen molar-refractivity contribution in [1.82, 2.24) is 0 Å². The largest absolute Gasteiger partial charge is 0.497 e. The zero-order valence-corrected chi connectivity index (χ0v) is 19.8. The summed E-state index contributed by atoms with van der Waals surface area (Å²) in [7, 11) is 1.64. The van der Waals surface area contributed by atoms with E-state index in [1.807, 2.05) is 60.7 Å². The maximum Gasteiger partial charge on any atom is 0.224 e. The first-order chi connectivity index (χ1) is 16.5. The molecule has 1 fully saturated rings. The number of amides is 1. The lowest BCUT2D eigenvalue weighted by atomic mass is 9.72. The zero-order chi connectivity index (χ0) is 23.8. The van der Waals surface area contributed by atoms with Crippen LogP contribution in [0.4, 0.5) is 11.4 Å². The van der Waals surface area contributed by atoms with Gasteiger partial charge in [0, 0.05) is 24.1 Å². The molecule has 5 nitrogen and oxygen atoms in total. The summed E-state index contributed by atoms with van der Waals surface area (Å²) >= 11 is 6.16. The Kier molecular flexibility index (Phi) is 5.96. The van der Waals surface area contributed by atoms with Gasteiger partial charge in [0.15, 0.2) is 0 Å². The third-order valence-corrected chi connectivity index (χ3v) is 7.00. The van der Waals surface area contributed by atoms with Gasteiger partial charge in [-0.1, -0.05) is 48.0 Å². The maximum atomic E-state index is 13.8. The maximum absolute atomic E-state index is 13.8. The average Bonchev–Trinajstić information content (AvgIpc) is 2.99. The van der Waals surface area contributed by atoms with Crippen LogP contribution in [0.5, 0.6) is 5.75 Å². The second-order valence-electron chi connectivity index (χ2n) is 8.80. The van der Waals surface area contributed by atoms with Gasteiger partial charge in [0.05, 0.1) is 30.4 Å². The van der Waals surface area contributed by atoms with Gasteiger partial charge in [-0.25, -0.2) is 0 Å². The molecule has 0 N–H and O–H groups in total. The van der Waals surface area contributed by atoms with Crippen LogP contribution in [0.2, 0.25) is 5.02 Å². The van der Waals surface area contributed by atoms with Crippen molar-refractivity contribution < 1.29 is 14.3 Å². The van der Waals surface area contributed by atoms with Crippen molar-refractivity contribution in [2.24, 2.45) is 10.9 Å². The van der Waals surface area contributed by atoms with Crippen molar-refractivity contribution in [3.8, 4) is 5.75 Å². The molecule has 3 aromatic carbocycles. The predicted octanol–water partition coefficient (Wildman–Crippen LogP) is 6.29. The van der Waals surface area contributed by atoms with E-state index in [0.717, 1.165) is 22.6 Å². The molecule has 2 aliphatic rings. The number of ketones is 1. The SMILES string of the molecule is COc1ccc(C2CC(=O)C3C(=Nc4ccccc4N(C(C)=O)C3c3ccc(Cl)cc3)C2)cc1. The number of hydrogen-bond donors (Lipinski definition) is 0. The van der Waals surface area contributed by atoms with Crippen LogP contribution in [0.15, 0.2) is 77.8 Å². The van der Waals surface area contributed by atoms with Crippen LogP contribution in [0.3, 0.4) is 0 Å². The third-order valence-electron chi connectivity index (χ3n) is 6.75. The lowest BCUT2D eigenvalue weighted by Gasteiger charge is -2.38. The molecule has 3 atom stereocenters. The summed E-state index contributed by atoms with van der Waals surface area (Å²) in [6, 6.07) is 22.4. The van der Waals surface area contributed by atoms with Crippen molar-refractivity contribution in [2.75, 3.05) is 12.0 Å². The highest BCUT2D eigenvalue weighted by molar-refractivity contribution is 6.30. The number of fused-ring (bicyclic) bond motifs is 2. The first-order valence-corrected chi connectivity index (χ1v) is 11.7. The monoisotopic (exact) mass is 472 g/mol. The predicted molar refractivity (Wildman–Crippen MR) is 134 cm³/mol. The zero-order valence-electron chi connectivity index (χ0n) is 19.1. The fraction of sp³-hybridized carbons (Fsp3) is 0.250. The topological polar surface area (TPSA) is 59.0 Å². The van der Waals surface area contributed by atoms with Crippen molar-refractivity contribution >= 4 is 40.4 Å². The van der Waals surface area contributed by atoms with Gasteiger partial charge >= 0.3 is 0 Å². The van der Waals surface area contributed by atoms with Crippen LogP contribution in [0, 0.1) is 5.92 Å². The molecule has 0 saturated heterocycles. The summed E-state index contributed by atoms with van der Waals surface area (Å²) in [4.78, 5) is 33.5. The minimum Gasteiger partial charge on any atom is -0.497 e. The molecule has 0 aromatic heterocycles. The molecule has 1 heterocycles. The van der Waals surface area contributed by atoms with Crippen molar-refractivity contribution in [3.05, 3.63) is 88.9 Å². The quantitative estimate of drug-likeness (QED) is 0.450. The van der Waals surface area contributed by atoms with Crippen LogP contribution in [0.25, 0.3) is 0 Å². The molecule has 3 unspecified atom stereocenters. The van der Waals surface area contributed by atoms with Crippen molar-refractivity contribution in [3.63, 3.8) is 0 Å². The van der Waals surface area contributed by atoms with Crippen LogP contribution in [0.1, 0.15) is 42.9 Å². The summed E-state index contributed by atoms with van der Waals surface area (Å²) in [5.74, 6) is 0.241. The highest BCUT2D eigenvalue weighted by Crippen LogP contribution is 2.47. The van der Waals surface area contributed by atoms with E-state index in [1.165, 1.54) is 6.92 Å². The number of nitrogens with zero attached hydrogens (tertiary/aromatic N) is 2. The van der Waals surface area contributed by atoms with Gasteiger partial charge in [-0.3, -0.25) is 14.6 Å². The Morgan fingerprint density at radius 2 is 1.65 bits per heavy atom. The molecular weight excluding hydrogens is 448 g/mol. The van der Waals surface area contributed by atoms with Gasteiger partial charge in [0.1, 0.15) is 11.5 Å². The molecular formula is C28H25ClN2O3. The van der Waals surface area contributed by atoms with Gasteiger partial charge in [-0.05, 0) is 59.9 Å². The van der Waals surface area contributed by atoms with E-state index in [-0.39, 0.29) is 17.6 Å². The highest BCUT2D eigenvalue weighted by atomic mass is 35.5. The fourth-order valence-corrected chi connectivity index (χ4v) is 5.30. The van der Waals surface area contributed by atoms with Crippen LogP contribution in [-0.2, 0) is 9.59 Å². The number of benzene rings is 3. The Morgan fingerprint density at radius 1 is 0.971 bits per heavy atom. The molecule has 1 amide bonds. The van der Waals surface area contributed by atoms with E-state index in [0.29, 0.717) is 29.2 Å². The molecule has 1 saturated carbocycles. The highest BCUT2D eigenvalue weighted by Gasteiger charge is 2.45. The van der Waals surface area contributed by atoms with Gasteiger partial charge in [-0.2, -0.15) is 0 Å². The standard InChI is InChI=1S/C28H25ClN2O3/c1-17(32)31-25-6-4-3-5-23(25)30-24-15-20(18-9-13-22(34-2)14-10-18)16-26(33)27(24)28(31)19-7-11-21(29)12-8-19/h3-14,20,27-28H,15-16H2,1-2H3. The van der Waals surface area contributed by atoms with Crippen LogP contribution < -0.4 is 9.64 Å². The molecule has 3 aromatic rings. The normalized spacial score (nSPS) is 21.7. The summed E-state index contributed by atoms with van der Waals surface area (Å²) in [6.45, 7) is 1.54. The Morgan fingerprint density at radius 3 is 2.32 bits per heavy atom. The molecule has 1 aliphatic carbocycles. The minimum atomic E-state index is -0.521. The van der Waals surface area contributed by atoms with E-state index in [9.17, 15) is 9.59 Å². The number of hydrogen-bond acceptors (Lipinski definition) is 4. The van der Waals surface area contributed by atoms with E-state index < -0.39 is 12.0 Å². The molecule has 6 heteroatoms. The number of methoxy groups -OCH3 is 1. The number of Topliss-reactive ketones (excluding diaryl/α,β-unsaturated/α-hetero) is 1. The number of halogens is 1. The number of aliphatic imine (C=N–C) groups is 1. The van der Waals surface area contributed by atoms with E-state index in [2.05, 4.69) is 0 Å². The Hall–Kier alpha value is -3.44. The summed E-state index contributed by atoms with van der Waals surface area (Å²) < 4.78 is 5.29. The number of rotatable bonds is 3. The van der Waals surface area contributed by atoms with E-state index >= 15 is 0 Å². The number of anilines is 1. The molecule has 34 heavy (non-hydrogen) atoms. The van der Waals surface area contributed by atoms with Gasteiger partial charge < -0.3 is 9.64 Å². The lowest BCUT2D eigenvalue weighted by molar-refractivity contribution is -0.123. The number of carbonyl (C=O) groups excluding carboxylic acids is 2. The second kappa shape index (κ2) is 9.07. The van der Waals surface area contributed by atoms with Gasteiger partial charge in [0.25, 0.3) is 0 Å². The molecule has 0 spiro atoms. The Balaban J connectivity index is 1.64. The Bertz CT molecular complexity index is 1270. The summed E-state index contributed by atoms with van der Waals surface area (Å²) in [6.07, 6.45) is 1.04. The van der Waals surface area contributed by atoms with Crippen molar-refractivity contribution in [1.29, 1.82) is 0 Å². The smallest absolute Gasteiger partial charge is 0.224 e. The number of ether oxygens (including phenoxy) is 1. The second-order valence-corrected chi connectivity index (χ2v) is 9.24. The first kappa shape index (κ1) is 22.4. The Labute approximate surface area is 204 Å². The van der Waals surface area contributed by atoms with Gasteiger partial charge in [-0.15, -0.1) is 0 Å². The van der Waals surface area contributed by atoms with Crippen molar-refractivity contribution in [2.45, 2.75) is 31.7 Å². The van der Waals surface area contributed by atoms with Crippen LogP contribution in [-0.4, -0.2) is 24.5 Å². The summed E-state index contributed by atoms with van der Waals surface area (Å²) in [5, 5.41) is 0.607. The minimum absolute atomic E-state index is 0.0234. The number of para-hydroxylation sites is 2. The molecule has 172 valence electrons.